The van der Waals surface area contributed by atoms with Gasteiger partial charge in [0.25, 0.3) is 0 Å². The van der Waals surface area contributed by atoms with Gasteiger partial charge in [0.1, 0.15) is 5.82 Å². The molecule has 2 aliphatic rings. The zero-order valence-corrected chi connectivity index (χ0v) is 12.1. The Balaban J connectivity index is 1.79. The maximum absolute atomic E-state index is 6.43. The monoisotopic (exact) mass is 279 g/mol. The summed E-state index contributed by atoms with van der Waals surface area (Å²) in [6.45, 7) is 2.68. The molecule has 4 heteroatoms. The van der Waals surface area contributed by atoms with Crippen LogP contribution in [0.15, 0.2) is 12.3 Å². The summed E-state index contributed by atoms with van der Waals surface area (Å²) in [5, 5.41) is 0.749. The van der Waals surface area contributed by atoms with Crippen molar-refractivity contribution in [1.82, 2.24) is 4.98 Å². The minimum Gasteiger partial charge on any atom is -0.355 e. The van der Waals surface area contributed by atoms with Crippen LogP contribution >= 0.6 is 11.6 Å². The zero-order valence-electron chi connectivity index (χ0n) is 11.3. The van der Waals surface area contributed by atoms with E-state index in [2.05, 4.69) is 9.88 Å². The molecular weight excluding hydrogens is 258 g/mol. The lowest BCUT2D eigenvalue weighted by atomic mass is 9.75. The lowest BCUT2D eigenvalue weighted by Crippen LogP contribution is -2.42. The number of pyridine rings is 1. The Labute approximate surface area is 120 Å². The maximum atomic E-state index is 6.43. The van der Waals surface area contributed by atoms with Gasteiger partial charge < -0.3 is 10.6 Å². The van der Waals surface area contributed by atoms with Gasteiger partial charge in [0.15, 0.2) is 0 Å². The van der Waals surface area contributed by atoms with Gasteiger partial charge in [0.2, 0.25) is 0 Å². The van der Waals surface area contributed by atoms with Gasteiger partial charge in [0.05, 0.1) is 5.02 Å². The molecule has 1 aliphatic carbocycles. The topological polar surface area (TPSA) is 42.1 Å². The van der Waals surface area contributed by atoms with Crippen LogP contribution in [-0.2, 0) is 6.54 Å². The molecule has 0 radical (unpaired) electrons. The molecule has 104 valence electrons. The molecule has 3 rings (SSSR count). The first-order valence-corrected chi connectivity index (χ1v) is 7.75. The Bertz CT molecular complexity index is 449. The average molecular weight is 280 g/mol. The van der Waals surface area contributed by atoms with E-state index in [1.54, 1.807) is 0 Å². The molecule has 1 aromatic heterocycles. The number of anilines is 1. The fourth-order valence-corrected chi connectivity index (χ4v) is 3.95. The number of hydrogen-bond donors (Lipinski definition) is 1. The van der Waals surface area contributed by atoms with Crippen molar-refractivity contribution in [1.29, 1.82) is 0 Å². The second-order valence-corrected chi connectivity index (χ2v) is 6.23. The number of fused-ring (bicyclic) bond motifs is 1. The van der Waals surface area contributed by atoms with Crippen molar-refractivity contribution in [2.24, 2.45) is 17.6 Å². The molecule has 2 atom stereocenters. The maximum Gasteiger partial charge on any atom is 0.147 e. The molecule has 3 nitrogen and oxygen atoms in total. The standard InChI is InChI=1S/C15H22ClN3/c16-14-12(9-17)5-7-18-15(14)19-8-6-11-3-1-2-4-13(11)10-19/h5,7,11,13H,1-4,6,8-10,17H2. The molecule has 1 saturated heterocycles. The highest BCUT2D eigenvalue weighted by molar-refractivity contribution is 6.33. The van der Waals surface area contributed by atoms with Gasteiger partial charge in [-0.2, -0.15) is 0 Å². The van der Waals surface area contributed by atoms with E-state index in [1.165, 1.54) is 32.1 Å². The van der Waals surface area contributed by atoms with Crippen molar-refractivity contribution in [2.75, 3.05) is 18.0 Å². The predicted octanol–water partition coefficient (Wildman–Crippen LogP) is 3.21. The summed E-state index contributed by atoms with van der Waals surface area (Å²) in [7, 11) is 0. The molecule has 2 unspecified atom stereocenters. The summed E-state index contributed by atoms with van der Waals surface area (Å²) < 4.78 is 0. The predicted molar refractivity (Wildman–Crippen MR) is 79.4 cm³/mol. The molecule has 19 heavy (non-hydrogen) atoms. The third-order valence-electron chi connectivity index (χ3n) is 4.76. The molecule has 1 aromatic rings. The van der Waals surface area contributed by atoms with Crippen LogP contribution in [-0.4, -0.2) is 18.1 Å². The number of nitrogens with zero attached hydrogens (tertiary/aromatic N) is 2. The Morgan fingerprint density at radius 2 is 2.05 bits per heavy atom. The minimum atomic E-state index is 0.480. The minimum absolute atomic E-state index is 0.480. The van der Waals surface area contributed by atoms with Crippen molar-refractivity contribution in [3.63, 3.8) is 0 Å². The van der Waals surface area contributed by atoms with E-state index in [0.29, 0.717) is 6.54 Å². The summed E-state index contributed by atoms with van der Waals surface area (Å²) in [5.41, 5.74) is 6.72. The average Bonchev–Trinajstić information content (AvgIpc) is 2.47. The van der Waals surface area contributed by atoms with Gasteiger partial charge in [-0.05, 0) is 36.3 Å². The fourth-order valence-electron chi connectivity index (χ4n) is 3.64. The van der Waals surface area contributed by atoms with E-state index >= 15 is 0 Å². The largest absolute Gasteiger partial charge is 0.355 e. The van der Waals surface area contributed by atoms with Gasteiger partial charge in [-0.3, -0.25) is 0 Å². The lowest BCUT2D eigenvalue weighted by Gasteiger charge is -2.42. The van der Waals surface area contributed by atoms with Crippen LogP contribution in [0, 0.1) is 11.8 Å². The molecule has 0 bridgehead atoms. The van der Waals surface area contributed by atoms with Gasteiger partial charge in [-0.15, -0.1) is 0 Å². The third-order valence-corrected chi connectivity index (χ3v) is 5.17. The van der Waals surface area contributed by atoms with Gasteiger partial charge in [0, 0.05) is 25.8 Å². The van der Waals surface area contributed by atoms with Crippen LogP contribution in [0.25, 0.3) is 0 Å². The van der Waals surface area contributed by atoms with Crippen molar-refractivity contribution in [3.8, 4) is 0 Å². The quantitative estimate of drug-likeness (QED) is 0.904. The van der Waals surface area contributed by atoms with Crippen molar-refractivity contribution in [3.05, 3.63) is 22.8 Å². The highest BCUT2D eigenvalue weighted by Gasteiger charge is 2.32. The summed E-state index contributed by atoms with van der Waals surface area (Å²) in [4.78, 5) is 6.86. The van der Waals surface area contributed by atoms with E-state index in [9.17, 15) is 0 Å². The smallest absolute Gasteiger partial charge is 0.147 e. The molecule has 0 aromatic carbocycles. The van der Waals surface area contributed by atoms with E-state index < -0.39 is 0 Å². The Kier molecular flexibility index (Phi) is 3.94. The zero-order chi connectivity index (χ0) is 13.2. The normalized spacial score (nSPS) is 27.2. The van der Waals surface area contributed by atoms with E-state index in [4.69, 9.17) is 17.3 Å². The SMILES string of the molecule is NCc1ccnc(N2CCC3CCCCC3C2)c1Cl. The van der Waals surface area contributed by atoms with Crippen LogP contribution in [0.3, 0.4) is 0 Å². The molecule has 2 heterocycles. The van der Waals surface area contributed by atoms with Crippen molar-refractivity contribution < 1.29 is 0 Å². The van der Waals surface area contributed by atoms with Crippen LogP contribution in [0.2, 0.25) is 5.02 Å². The van der Waals surface area contributed by atoms with Crippen LogP contribution < -0.4 is 10.6 Å². The number of rotatable bonds is 2. The third kappa shape index (κ3) is 2.59. The number of hydrogen-bond acceptors (Lipinski definition) is 3. The second-order valence-electron chi connectivity index (χ2n) is 5.85. The van der Waals surface area contributed by atoms with E-state index in [1.807, 2.05) is 12.3 Å². The van der Waals surface area contributed by atoms with E-state index in [0.717, 1.165) is 41.3 Å². The number of aromatic nitrogens is 1. The van der Waals surface area contributed by atoms with Crippen LogP contribution in [0.4, 0.5) is 5.82 Å². The van der Waals surface area contributed by atoms with E-state index in [-0.39, 0.29) is 0 Å². The Hall–Kier alpha value is -0.800. The van der Waals surface area contributed by atoms with Crippen LogP contribution in [0.5, 0.6) is 0 Å². The van der Waals surface area contributed by atoms with Gasteiger partial charge >= 0.3 is 0 Å². The Morgan fingerprint density at radius 1 is 1.26 bits per heavy atom. The fraction of sp³-hybridized carbons (Fsp3) is 0.667. The summed E-state index contributed by atoms with van der Waals surface area (Å²) in [6, 6.07) is 1.92. The first kappa shape index (κ1) is 13.2. The second kappa shape index (κ2) is 5.68. The lowest BCUT2D eigenvalue weighted by molar-refractivity contribution is 0.202. The number of halogens is 1. The molecule has 0 amide bonds. The van der Waals surface area contributed by atoms with Crippen molar-refractivity contribution in [2.45, 2.75) is 38.6 Å². The first-order valence-electron chi connectivity index (χ1n) is 7.38. The van der Waals surface area contributed by atoms with Crippen molar-refractivity contribution >= 4 is 17.4 Å². The molecule has 1 saturated carbocycles. The highest BCUT2D eigenvalue weighted by atomic mass is 35.5. The molecular formula is C15H22ClN3. The molecule has 0 spiro atoms. The summed E-state index contributed by atoms with van der Waals surface area (Å²) in [6.07, 6.45) is 8.71. The van der Waals surface area contributed by atoms with Gasteiger partial charge in [-0.25, -0.2) is 4.98 Å². The molecule has 2 fully saturated rings. The number of piperidine rings is 1. The summed E-state index contributed by atoms with van der Waals surface area (Å²) in [5.74, 6) is 2.71. The van der Waals surface area contributed by atoms with Crippen LogP contribution in [0.1, 0.15) is 37.7 Å². The number of nitrogens with two attached hydrogens (primary N) is 1. The van der Waals surface area contributed by atoms with Gasteiger partial charge in [-0.1, -0.05) is 30.9 Å². The molecule has 1 aliphatic heterocycles. The Morgan fingerprint density at radius 3 is 2.84 bits per heavy atom. The summed E-state index contributed by atoms with van der Waals surface area (Å²) >= 11 is 6.43. The molecule has 2 N–H and O–H groups in total. The highest BCUT2D eigenvalue weighted by Crippen LogP contribution is 2.38. The first-order chi connectivity index (χ1) is 9.29.